The van der Waals surface area contributed by atoms with E-state index >= 15 is 0 Å². The van der Waals surface area contributed by atoms with Crippen molar-refractivity contribution in [3.63, 3.8) is 0 Å². The first-order chi connectivity index (χ1) is 12.2. The molecule has 0 amide bonds. The number of benzene rings is 2. The van der Waals surface area contributed by atoms with E-state index in [9.17, 15) is 9.59 Å². The molecule has 4 rings (SSSR count). The number of aromatic nitrogens is 4. The molecule has 1 N–H and O–H groups in total. The number of rotatable bonds is 3. The molecule has 0 spiro atoms. The molecule has 7 nitrogen and oxygen atoms in total. The zero-order chi connectivity index (χ0) is 17.4. The molecule has 2 aromatic heterocycles. The number of nitrogens with one attached hydrogen (secondary N) is 1. The summed E-state index contributed by atoms with van der Waals surface area (Å²) < 4.78 is 7.75. The van der Waals surface area contributed by atoms with Crippen molar-refractivity contribution in [1.29, 1.82) is 0 Å². The predicted molar refractivity (Wildman–Crippen MR) is 93.8 cm³/mol. The Hall–Kier alpha value is -3.61. The smallest absolute Gasteiger partial charge is 0.342 e. The van der Waals surface area contributed by atoms with E-state index in [1.165, 1.54) is 10.9 Å². The maximum atomic E-state index is 13.1. The Morgan fingerprint density at radius 1 is 0.960 bits per heavy atom. The van der Waals surface area contributed by atoms with Gasteiger partial charge in [-0.1, -0.05) is 24.3 Å². The molecular weight excluding hydrogens is 320 g/mol. The predicted octanol–water partition coefficient (Wildman–Crippen LogP) is 1.87. The van der Waals surface area contributed by atoms with Crippen molar-refractivity contribution >= 4 is 11.2 Å². The van der Waals surface area contributed by atoms with E-state index in [4.69, 9.17) is 4.74 Å². The Kier molecular flexibility index (Phi) is 3.46. The van der Waals surface area contributed by atoms with E-state index in [2.05, 4.69) is 9.97 Å². The second-order valence-electron chi connectivity index (χ2n) is 5.40. The normalized spacial score (nSPS) is 10.9. The molecular formula is C18H14N4O3. The van der Waals surface area contributed by atoms with Crippen LogP contribution in [0.1, 0.15) is 0 Å². The fourth-order valence-corrected chi connectivity index (χ4v) is 2.79. The van der Waals surface area contributed by atoms with E-state index < -0.39 is 11.2 Å². The van der Waals surface area contributed by atoms with Gasteiger partial charge in [-0.2, -0.15) is 0 Å². The number of aromatic amines is 1. The summed E-state index contributed by atoms with van der Waals surface area (Å²) in [6, 6.07) is 15.8. The summed E-state index contributed by atoms with van der Waals surface area (Å²) in [5.41, 5.74) is 0.644. The molecule has 0 aliphatic rings. The van der Waals surface area contributed by atoms with Gasteiger partial charge in [0.2, 0.25) is 0 Å². The van der Waals surface area contributed by atoms with Gasteiger partial charge in [0.15, 0.2) is 11.2 Å². The molecule has 0 unspecified atom stereocenters. The van der Waals surface area contributed by atoms with Gasteiger partial charge in [0.1, 0.15) is 5.75 Å². The number of hydrogen-bond donors (Lipinski definition) is 1. The number of methoxy groups -OCH3 is 1. The van der Waals surface area contributed by atoms with Crippen LogP contribution in [0.5, 0.6) is 5.75 Å². The molecule has 0 aliphatic carbocycles. The van der Waals surface area contributed by atoms with Gasteiger partial charge in [0.05, 0.1) is 24.8 Å². The van der Waals surface area contributed by atoms with Gasteiger partial charge in [0, 0.05) is 6.07 Å². The highest BCUT2D eigenvalue weighted by atomic mass is 16.5. The minimum Gasteiger partial charge on any atom is -0.497 e. The fraction of sp³-hybridized carbons (Fsp3) is 0.0556. The lowest BCUT2D eigenvalue weighted by Gasteiger charge is -2.12. The van der Waals surface area contributed by atoms with Crippen molar-refractivity contribution in [2.75, 3.05) is 7.11 Å². The van der Waals surface area contributed by atoms with Crippen LogP contribution in [0.2, 0.25) is 0 Å². The highest BCUT2D eigenvalue weighted by Crippen LogP contribution is 2.17. The van der Waals surface area contributed by atoms with Crippen LogP contribution in [0.4, 0.5) is 0 Å². The molecule has 2 heterocycles. The van der Waals surface area contributed by atoms with Gasteiger partial charge in [-0.15, -0.1) is 0 Å². The van der Waals surface area contributed by atoms with Crippen molar-refractivity contribution in [2.45, 2.75) is 0 Å². The summed E-state index contributed by atoms with van der Waals surface area (Å²) in [5, 5.41) is 0. The van der Waals surface area contributed by atoms with Crippen LogP contribution in [-0.2, 0) is 0 Å². The van der Waals surface area contributed by atoms with Gasteiger partial charge < -0.3 is 9.72 Å². The minimum atomic E-state index is -0.496. The third-order valence-corrected chi connectivity index (χ3v) is 3.96. The van der Waals surface area contributed by atoms with Crippen LogP contribution in [0, 0.1) is 0 Å². The Balaban J connectivity index is 2.13. The van der Waals surface area contributed by atoms with Crippen molar-refractivity contribution < 1.29 is 4.74 Å². The average molecular weight is 334 g/mol. The van der Waals surface area contributed by atoms with E-state index in [-0.39, 0.29) is 11.2 Å². The van der Waals surface area contributed by atoms with E-state index in [1.54, 1.807) is 55.6 Å². The molecule has 7 heteroatoms. The van der Waals surface area contributed by atoms with Crippen molar-refractivity contribution in [2.24, 2.45) is 0 Å². The van der Waals surface area contributed by atoms with Gasteiger partial charge >= 0.3 is 5.69 Å². The second-order valence-corrected chi connectivity index (χ2v) is 5.40. The van der Waals surface area contributed by atoms with Crippen LogP contribution < -0.4 is 16.0 Å². The Labute approximate surface area is 141 Å². The number of H-pyrrole nitrogens is 1. The van der Waals surface area contributed by atoms with Gasteiger partial charge in [-0.3, -0.25) is 4.79 Å². The van der Waals surface area contributed by atoms with Gasteiger partial charge in [-0.25, -0.2) is 18.9 Å². The molecule has 0 saturated carbocycles. The van der Waals surface area contributed by atoms with Gasteiger partial charge in [-0.05, 0) is 24.3 Å². The van der Waals surface area contributed by atoms with Crippen molar-refractivity contribution in [3.8, 4) is 17.1 Å². The van der Waals surface area contributed by atoms with E-state index in [1.807, 2.05) is 6.07 Å². The lowest BCUT2D eigenvalue weighted by Crippen LogP contribution is -2.38. The van der Waals surface area contributed by atoms with E-state index in [0.29, 0.717) is 17.1 Å². The zero-order valence-corrected chi connectivity index (χ0v) is 13.3. The molecule has 2 aromatic carbocycles. The van der Waals surface area contributed by atoms with Crippen LogP contribution in [-0.4, -0.2) is 26.2 Å². The Morgan fingerprint density at radius 2 is 1.72 bits per heavy atom. The zero-order valence-electron chi connectivity index (χ0n) is 13.3. The minimum absolute atomic E-state index is 0.256. The van der Waals surface area contributed by atoms with Crippen molar-refractivity contribution in [1.82, 2.24) is 19.1 Å². The maximum absolute atomic E-state index is 13.1. The lowest BCUT2D eigenvalue weighted by molar-refractivity contribution is 0.414. The molecule has 25 heavy (non-hydrogen) atoms. The molecule has 124 valence electrons. The largest absolute Gasteiger partial charge is 0.497 e. The van der Waals surface area contributed by atoms with Crippen LogP contribution >= 0.6 is 0 Å². The third-order valence-electron chi connectivity index (χ3n) is 3.96. The monoisotopic (exact) mass is 334 g/mol. The molecule has 0 bridgehead atoms. The van der Waals surface area contributed by atoms with Crippen LogP contribution in [0.25, 0.3) is 22.5 Å². The first-order valence-corrected chi connectivity index (χ1v) is 7.61. The van der Waals surface area contributed by atoms with Crippen LogP contribution in [0.15, 0.2) is 70.5 Å². The highest BCUT2D eigenvalue weighted by Gasteiger charge is 2.17. The van der Waals surface area contributed by atoms with Crippen LogP contribution in [0.3, 0.4) is 0 Å². The quantitative estimate of drug-likeness (QED) is 0.620. The Morgan fingerprint density at radius 3 is 2.48 bits per heavy atom. The summed E-state index contributed by atoms with van der Waals surface area (Å²) in [7, 11) is 1.55. The fourth-order valence-electron chi connectivity index (χ4n) is 2.79. The number of fused-ring (bicyclic) bond motifs is 1. The number of para-hydroxylation sites is 1. The summed E-state index contributed by atoms with van der Waals surface area (Å²) in [4.78, 5) is 32.9. The molecule has 0 fully saturated rings. The third kappa shape index (κ3) is 2.33. The maximum Gasteiger partial charge on any atom is 0.342 e. The number of nitrogens with zero attached hydrogens (tertiary/aromatic N) is 3. The molecule has 0 saturated heterocycles. The molecule has 0 radical (unpaired) electrons. The summed E-state index contributed by atoms with van der Waals surface area (Å²) in [6.45, 7) is 0. The topological polar surface area (TPSA) is 81.9 Å². The molecule has 0 aliphatic heterocycles. The standard InChI is InChI=1S/C18H14N4O3/c1-25-14-9-5-8-13(10-14)21-16-15(19-11-20-16)17(23)22(18(21)24)12-6-3-2-4-7-12/h2-11H,1H3,(H,19,20). The first-order valence-electron chi connectivity index (χ1n) is 7.61. The average Bonchev–Trinajstić information content (AvgIpc) is 3.13. The Bertz CT molecular complexity index is 1170. The molecule has 0 atom stereocenters. The van der Waals surface area contributed by atoms with Gasteiger partial charge in [0.25, 0.3) is 5.56 Å². The first kappa shape index (κ1) is 14.9. The lowest BCUT2D eigenvalue weighted by atomic mass is 10.3. The second kappa shape index (κ2) is 5.79. The number of ether oxygens (including phenoxy) is 1. The number of imidazole rings is 1. The summed E-state index contributed by atoms with van der Waals surface area (Å²) in [6.07, 6.45) is 1.40. The SMILES string of the molecule is COc1cccc(-n2c(=O)n(-c3ccccc3)c(=O)c3[nH]cnc32)c1. The van der Waals surface area contributed by atoms with Crippen molar-refractivity contribution in [3.05, 3.63) is 81.8 Å². The van der Waals surface area contributed by atoms with E-state index in [0.717, 1.165) is 4.57 Å². The number of hydrogen-bond acceptors (Lipinski definition) is 4. The molecule has 4 aromatic rings. The summed E-state index contributed by atoms with van der Waals surface area (Å²) >= 11 is 0. The highest BCUT2D eigenvalue weighted by molar-refractivity contribution is 5.72. The summed E-state index contributed by atoms with van der Waals surface area (Å²) in [5.74, 6) is 0.602.